The molecule has 1 aromatic carbocycles. The Labute approximate surface area is 167 Å². The Bertz CT molecular complexity index is 941. The smallest absolute Gasteiger partial charge is 0.251 e. The van der Waals surface area contributed by atoms with Gasteiger partial charge in [-0.3, -0.25) is 4.79 Å². The minimum Gasteiger partial charge on any atom is -0.464 e. The number of piperidine rings is 1. The second kappa shape index (κ2) is 8.09. The maximum atomic E-state index is 13.1. The molecule has 1 fully saturated rings. The fourth-order valence-electron chi connectivity index (χ4n) is 3.79. The van der Waals surface area contributed by atoms with Crippen molar-refractivity contribution in [2.45, 2.75) is 45.1 Å². The number of carbonyl (C=O) groups excluding carboxylic acids is 1. The molecular weight excluding hydrogens is 376 g/mol. The summed E-state index contributed by atoms with van der Waals surface area (Å²) in [6.45, 7) is 8.83. The number of amides is 1. The summed E-state index contributed by atoms with van der Waals surface area (Å²) < 4.78 is 33.2. The third kappa shape index (κ3) is 4.47. The molecular formula is C21H28N2O4S. The van der Waals surface area contributed by atoms with Gasteiger partial charge in [0.2, 0.25) is 10.0 Å². The van der Waals surface area contributed by atoms with Crippen molar-refractivity contribution in [2.75, 3.05) is 13.1 Å². The van der Waals surface area contributed by atoms with Gasteiger partial charge in [-0.05, 0) is 62.4 Å². The SMILES string of the molecule is Cc1ccc(C(C)NC(=O)c2cccc(S(=O)(=O)N3CC(C)CC(C)C3)c2)o1. The Balaban J connectivity index is 1.78. The first kappa shape index (κ1) is 20.6. The zero-order valence-electron chi connectivity index (χ0n) is 16.8. The molecule has 1 aliphatic rings. The third-order valence-corrected chi connectivity index (χ3v) is 6.93. The fraction of sp³-hybridized carbons (Fsp3) is 0.476. The van der Waals surface area contributed by atoms with E-state index in [1.54, 1.807) is 18.2 Å². The van der Waals surface area contributed by atoms with Gasteiger partial charge in [-0.1, -0.05) is 19.9 Å². The first-order valence-electron chi connectivity index (χ1n) is 9.64. The molecule has 2 heterocycles. The second-order valence-electron chi connectivity index (χ2n) is 7.94. The average molecular weight is 405 g/mol. The van der Waals surface area contributed by atoms with Crippen LogP contribution in [0.4, 0.5) is 0 Å². The molecule has 3 rings (SSSR count). The lowest BCUT2D eigenvalue weighted by Gasteiger charge is -2.34. The summed E-state index contributed by atoms with van der Waals surface area (Å²) >= 11 is 0. The van der Waals surface area contributed by atoms with Gasteiger partial charge < -0.3 is 9.73 Å². The van der Waals surface area contributed by atoms with Gasteiger partial charge in [-0.2, -0.15) is 4.31 Å². The van der Waals surface area contributed by atoms with Gasteiger partial charge in [-0.15, -0.1) is 0 Å². The van der Waals surface area contributed by atoms with Gasteiger partial charge in [0.05, 0.1) is 10.9 Å². The number of nitrogens with one attached hydrogen (secondary N) is 1. The van der Waals surface area contributed by atoms with Crippen molar-refractivity contribution >= 4 is 15.9 Å². The Kier molecular flexibility index (Phi) is 5.95. The molecule has 0 radical (unpaired) electrons. The summed E-state index contributed by atoms with van der Waals surface area (Å²) in [6.07, 6.45) is 1.03. The summed E-state index contributed by atoms with van der Waals surface area (Å²) in [6, 6.07) is 9.58. The minimum atomic E-state index is -3.63. The predicted octanol–water partition coefficient (Wildman–Crippen LogP) is 3.75. The Hall–Kier alpha value is -2.12. The molecule has 2 aromatic rings. The van der Waals surface area contributed by atoms with E-state index in [-0.39, 0.29) is 16.8 Å². The zero-order valence-corrected chi connectivity index (χ0v) is 17.6. The number of hydrogen-bond acceptors (Lipinski definition) is 4. The first-order valence-corrected chi connectivity index (χ1v) is 11.1. The van der Waals surface area contributed by atoms with Crippen molar-refractivity contribution in [3.63, 3.8) is 0 Å². The van der Waals surface area contributed by atoms with Crippen molar-refractivity contribution in [1.82, 2.24) is 9.62 Å². The van der Waals surface area contributed by atoms with Crippen LogP contribution in [-0.2, 0) is 10.0 Å². The molecule has 28 heavy (non-hydrogen) atoms. The van der Waals surface area contributed by atoms with E-state index in [2.05, 4.69) is 19.2 Å². The van der Waals surface area contributed by atoms with Gasteiger partial charge in [0, 0.05) is 18.7 Å². The normalized spacial score (nSPS) is 22.0. The van der Waals surface area contributed by atoms with E-state index in [9.17, 15) is 13.2 Å². The van der Waals surface area contributed by atoms with Crippen molar-refractivity contribution in [3.05, 3.63) is 53.5 Å². The summed E-state index contributed by atoms with van der Waals surface area (Å²) in [7, 11) is -3.63. The highest BCUT2D eigenvalue weighted by Gasteiger charge is 2.32. The van der Waals surface area contributed by atoms with E-state index in [4.69, 9.17) is 4.42 Å². The van der Waals surface area contributed by atoms with E-state index in [0.29, 0.717) is 36.2 Å². The average Bonchev–Trinajstić information content (AvgIpc) is 3.07. The van der Waals surface area contributed by atoms with E-state index in [1.807, 2.05) is 26.0 Å². The van der Waals surface area contributed by atoms with E-state index >= 15 is 0 Å². The first-order chi connectivity index (χ1) is 13.2. The topological polar surface area (TPSA) is 79.6 Å². The van der Waals surface area contributed by atoms with Crippen LogP contribution >= 0.6 is 0 Å². The van der Waals surface area contributed by atoms with E-state index in [1.165, 1.54) is 10.4 Å². The third-order valence-electron chi connectivity index (χ3n) is 5.10. The molecule has 3 atom stereocenters. The molecule has 152 valence electrons. The molecule has 3 unspecified atom stereocenters. The van der Waals surface area contributed by atoms with Gasteiger partial charge in [0.1, 0.15) is 11.5 Å². The summed E-state index contributed by atoms with van der Waals surface area (Å²) in [4.78, 5) is 12.8. The van der Waals surface area contributed by atoms with Crippen LogP contribution in [0.1, 0.15) is 55.1 Å². The monoisotopic (exact) mass is 404 g/mol. The molecule has 7 heteroatoms. The largest absolute Gasteiger partial charge is 0.464 e. The number of aryl methyl sites for hydroxylation is 1. The summed E-state index contributed by atoms with van der Waals surface area (Å²) in [5, 5.41) is 2.86. The fourth-order valence-corrected chi connectivity index (χ4v) is 5.51. The van der Waals surface area contributed by atoms with Crippen LogP contribution in [0.3, 0.4) is 0 Å². The minimum absolute atomic E-state index is 0.156. The molecule has 0 saturated carbocycles. The van der Waals surface area contributed by atoms with Crippen LogP contribution in [0.2, 0.25) is 0 Å². The van der Waals surface area contributed by atoms with E-state index < -0.39 is 10.0 Å². The number of benzene rings is 1. The standard InChI is InChI=1S/C21H28N2O4S/c1-14-10-15(2)13-23(12-14)28(25,26)19-7-5-6-18(11-19)21(24)22-17(4)20-9-8-16(3)27-20/h5-9,11,14-15,17H,10,12-13H2,1-4H3,(H,22,24). The molecule has 1 aromatic heterocycles. The van der Waals surface area contributed by atoms with Crippen LogP contribution < -0.4 is 5.32 Å². The van der Waals surface area contributed by atoms with Crippen LogP contribution in [-0.4, -0.2) is 31.7 Å². The van der Waals surface area contributed by atoms with Crippen molar-refractivity contribution < 1.29 is 17.6 Å². The molecule has 1 N–H and O–H groups in total. The second-order valence-corrected chi connectivity index (χ2v) is 9.88. The lowest BCUT2D eigenvalue weighted by Crippen LogP contribution is -2.42. The highest BCUT2D eigenvalue weighted by Crippen LogP contribution is 2.27. The maximum absolute atomic E-state index is 13.1. The molecule has 6 nitrogen and oxygen atoms in total. The number of rotatable bonds is 5. The predicted molar refractivity (Wildman–Crippen MR) is 107 cm³/mol. The van der Waals surface area contributed by atoms with Gasteiger partial charge in [0.15, 0.2) is 0 Å². The summed E-state index contributed by atoms with van der Waals surface area (Å²) in [5.74, 6) is 1.74. The summed E-state index contributed by atoms with van der Waals surface area (Å²) in [5.41, 5.74) is 0.314. The van der Waals surface area contributed by atoms with Crippen LogP contribution in [0.5, 0.6) is 0 Å². The lowest BCUT2D eigenvalue weighted by atomic mass is 9.94. The van der Waals surface area contributed by atoms with Crippen molar-refractivity contribution in [1.29, 1.82) is 0 Å². The molecule has 0 aliphatic carbocycles. The molecule has 1 amide bonds. The molecule has 1 saturated heterocycles. The van der Waals surface area contributed by atoms with Gasteiger partial charge >= 0.3 is 0 Å². The molecule has 0 bridgehead atoms. The number of sulfonamides is 1. The molecule has 0 spiro atoms. The Morgan fingerprint density at radius 2 is 1.86 bits per heavy atom. The molecule has 1 aliphatic heterocycles. The number of carbonyl (C=O) groups is 1. The van der Waals surface area contributed by atoms with Crippen LogP contribution in [0, 0.1) is 18.8 Å². The van der Waals surface area contributed by atoms with Crippen molar-refractivity contribution in [2.24, 2.45) is 11.8 Å². The highest BCUT2D eigenvalue weighted by atomic mass is 32.2. The number of nitrogens with zero attached hydrogens (tertiary/aromatic N) is 1. The quantitative estimate of drug-likeness (QED) is 0.823. The van der Waals surface area contributed by atoms with E-state index in [0.717, 1.165) is 12.2 Å². The highest BCUT2D eigenvalue weighted by molar-refractivity contribution is 7.89. The van der Waals surface area contributed by atoms with Crippen LogP contribution in [0.15, 0.2) is 45.7 Å². The Morgan fingerprint density at radius 1 is 1.18 bits per heavy atom. The number of hydrogen-bond donors (Lipinski definition) is 1. The maximum Gasteiger partial charge on any atom is 0.251 e. The van der Waals surface area contributed by atoms with Crippen LogP contribution in [0.25, 0.3) is 0 Å². The van der Waals surface area contributed by atoms with Crippen molar-refractivity contribution in [3.8, 4) is 0 Å². The van der Waals surface area contributed by atoms with Gasteiger partial charge in [-0.25, -0.2) is 8.42 Å². The number of furan rings is 1. The zero-order chi connectivity index (χ0) is 20.5. The lowest BCUT2D eigenvalue weighted by molar-refractivity contribution is 0.0935. The van der Waals surface area contributed by atoms with Gasteiger partial charge in [0.25, 0.3) is 5.91 Å². The Morgan fingerprint density at radius 3 is 2.46 bits per heavy atom.